The van der Waals surface area contributed by atoms with Crippen LogP contribution in [-0.2, 0) is 0 Å². The van der Waals surface area contributed by atoms with E-state index < -0.39 is 0 Å². The van der Waals surface area contributed by atoms with Gasteiger partial charge in [-0.15, -0.1) is 11.3 Å². The van der Waals surface area contributed by atoms with Crippen molar-refractivity contribution in [3.8, 4) is 0 Å². The van der Waals surface area contributed by atoms with Crippen molar-refractivity contribution in [1.82, 2.24) is 5.43 Å². The minimum Gasteiger partial charge on any atom is -0.271 e. The number of nitrogens with two attached hydrogens (primary N) is 1. The molecular weight excluding hydrogens is 248 g/mol. The zero-order valence-corrected chi connectivity index (χ0v) is 11.0. The standard InChI is InChI=1S/C10H15ClN2S2/c1-10(5-2-6-14-10)9(13-12)7-3-4-8(11)15-7/h3-4,9,13H,2,5-6,12H2,1H3. The first kappa shape index (κ1) is 11.7. The second kappa shape index (κ2) is 4.63. The molecule has 0 spiro atoms. The first-order valence-corrected chi connectivity index (χ1v) is 7.19. The predicted octanol–water partition coefficient (Wildman–Crippen LogP) is 3.19. The molecule has 3 N–H and O–H groups in total. The van der Waals surface area contributed by atoms with E-state index in [-0.39, 0.29) is 10.8 Å². The van der Waals surface area contributed by atoms with Crippen molar-refractivity contribution < 1.29 is 0 Å². The van der Waals surface area contributed by atoms with Crippen molar-refractivity contribution in [2.75, 3.05) is 5.75 Å². The van der Waals surface area contributed by atoms with Gasteiger partial charge in [0.05, 0.1) is 10.4 Å². The topological polar surface area (TPSA) is 38.0 Å². The largest absolute Gasteiger partial charge is 0.271 e. The van der Waals surface area contributed by atoms with E-state index in [0.717, 1.165) is 4.34 Å². The quantitative estimate of drug-likeness (QED) is 0.649. The Labute approximate surface area is 104 Å². The van der Waals surface area contributed by atoms with Gasteiger partial charge in [-0.3, -0.25) is 11.3 Å². The van der Waals surface area contributed by atoms with Crippen LogP contribution in [0.4, 0.5) is 0 Å². The van der Waals surface area contributed by atoms with Crippen molar-refractivity contribution in [2.45, 2.75) is 30.6 Å². The molecule has 2 atom stereocenters. The average Bonchev–Trinajstić information content (AvgIpc) is 2.78. The van der Waals surface area contributed by atoms with Crippen molar-refractivity contribution in [1.29, 1.82) is 0 Å². The van der Waals surface area contributed by atoms with Crippen LogP contribution in [0.1, 0.15) is 30.7 Å². The summed E-state index contributed by atoms with van der Waals surface area (Å²) in [5.41, 5.74) is 2.95. The minimum atomic E-state index is 0.211. The number of rotatable bonds is 3. The van der Waals surface area contributed by atoms with Crippen LogP contribution < -0.4 is 11.3 Å². The van der Waals surface area contributed by atoms with Gasteiger partial charge in [0.2, 0.25) is 0 Å². The highest BCUT2D eigenvalue weighted by Crippen LogP contribution is 2.47. The molecule has 84 valence electrons. The van der Waals surface area contributed by atoms with Crippen LogP contribution in [0.15, 0.2) is 12.1 Å². The Kier molecular flexibility index (Phi) is 3.63. The van der Waals surface area contributed by atoms with Gasteiger partial charge in [0, 0.05) is 9.62 Å². The number of halogens is 1. The zero-order valence-electron chi connectivity index (χ0n) is 8.63. The van der Waals surface area contributed by atoms with E-state index in [1.807, 2.05) is 17.8 Å². The fourth-order valence-electron chi connectivity index (χ4n) is 2.07. The Morgan fingerprint density at radius 2 is 2.40 bits per heavy atom. The number of nitrogens with one attached hydrogen (secondary N) is 1. The summed E-state index contributed by atoms with van der Waals surface area (Å²) in [6.45, 7) is 2.28. The molecule has 2 rings (SSSR count). The van der Waals surface area contributed by atoms with Gasteiger partial charge in [-0.1, -0.05) is 11.6 Å². The fourth-order valence-corrected chi connectivity index (χ4v) is 4.82. The summed E-state index contributed by atoms with van der Waals surface area (Å²) >= 11 is 9.57. The number of hydrogen-bond acceptors (Lipinski definition) is 4. The summed E-state index contributed by atoms with van der Waals surface area (Å²) in [6.07, 6.45) is 2.49. The van der Waals surface area contributed by atoms with Crippen LogP contribution in [0.3, 0.4) is 0 Å². The maximum atomic E-state index is 5.96. The molecule has 1 aliphatic heterocycles. The molecule has 1 aliphatic rings. The molecule has 0 bridgehead atoms. The van der Waals surface area contributed by atoms with E-state index in [4.69, 9.17) is 17.4 Å². The lowest BCUT2D eigenvalue weighted by molar-refractivity contribution is 0.426. The third-order valence-electron chi connectivity index (χ3n) is 2.91. The molecule has 0 amide bonds. The van der Waals surface area contributed by atoms with E-state index in [1.165, 1.54) is 23.5 Å². The van der Waals surface area contributed by atoms with Crippen molar-refractivity contribution in [3.63, 3.8) is 0 Å². The Morgan fingerprint density at radius 1 is 1.60 bits per heavy atom. The maximum Gasteiger partial charge on any atom is 0.0931 e. The number of thiophene rings is 1. The maximum absolute atomic E-state index is 5.96. The number of thioether (sulfide) groups is 1. The molecular formula is C10H15ClN2S2. The van der Waals surface area contributed by atoms with Gasteiger partial charge in [0.25, 0.3) is 0 Å². The number of hydrogen-bond donors (Lipinski definition) is 2. The third kappa shape index (κ3) is 2.34. The van der Waals surface area contributed by atoms with Crippen LogP contribution in [0.5, 0.6) is 0 Å². The Morgan fingerprint density at radius 3 is 2.87 bits per heavy atom. The SMILES string of the molecule is CC1(C(NN)c2ccc(Cl)s2)CCCS1. The zero-order chi connectivity index (χ0) is 10.9. The monoisotopic (exact) mass is 262 g/mol. The Balaban J connectivity index is 2.23. The fraction of sp³-hybridized carbons (Fsp3) is 0.600. The van der Waals surface area contributed by atoms with Gasteiger partial charge >= 0.3 is 0 Å². The molecule has 15 heavy (non-hydrogen) atoms. The first-order chi connectivity index (χ1) is 7.15. The molecule has 2 unspecified atom stereocenters. The lowest BCUT2D eigenvalue weighted by Gasteiger charge is -2.31. The van der Waals surface area contributed by atoms with Crippen molar-refractivity contribution in [2.24, 2.45) is 5.84 Å². The molecule has 0 aromatic carbocycles. The van der Waals surface area contributed by atoms with Gasteiger partial charge in [-0.05, 0) is 37.7 Å². The van der Waals surface area contributed by atoms with Crippen LogP contribution in [-0.4, -0.2) is 10.5 Å². The highest BCUT2D eigenvalue weighted by Gasteiger charge is 2.38. The van der Waals surface area contributed by atoms with Crippen LogP contribution in [0.25, 0.3) is 0 Å². The molecule has 1 aromatic heterocycles. The summed E-state index contributed by atoms with van der Waals surface area (Å²) < 4.78 is 1.04. The highest BCUT2D eigenvalue weighted by atomic mass is 35.5. The molecule has 1 fully saturated rings. The third-order valence-corrected chi connectivity index (χ3v) is 5.79. The minimum absolute atomic E-state index is 0.211. The lowest BCUT2D eigenvalue weighted by atomic mass is 9.95. The van der Waals surface area contributed by atoms with Gasteiger partial charge in [-0.2, -0.15) is 11.8 Å². The number of hydrazine groups is 1. The van der Waals surface area contributed by atoms with Gasteiger partial charge in [-0.25, -0.2) is 0 Å². The van der Waals surface area contributed by atoms with E-state index in [0.29, 0.717) is 0 Å². The van der Waals surface area contributed by atoms with E-state index >= 15 is 0 Å². The smallest absolute Gasteiger partial charge is 0.0931 e. The average molecular weight is 263 g/mol. The van der Waals surface area contributed by atoms with Crippen molar-refractivity contribution in [3.05, 3.63) is 21.3 Å². The summed E-state index contributed by atoms with van der Waals surface area (Å²) in [6, 6.07) is 4.22. The van der Waals surface area contributed by atoms with Gasteiger partial charge in [0.1, 0.15) is 0 Å². The molecule has 2 nitrogen and oxygen atoms in total. The van der Waals surface area contributed by atoms with E-state index in [2.05, 4.69) is 18.4 Å². The molecule has 5 heteroatoms. The van der Waals surface area contributed by atoms with Crippen molar-refractivity contribution >= 4 is 34.7 Å². The molecule has 2 heterocycles. The van der Waals surface area contributed by atoms with E-state index in [9.17, 15) is 0 Å². The first-order valence-electron chi connectivity index (χ1n) is 5.01. The highest BCUT2D eigenvalue weighted by molar-refractivity contribution is 8.00. The molecule has 1 saturated heterocycles. The Hall–Kier alpha value is 0.260. The second-order valence-electron chi connectivity index (χ2n) is 4.01. The Bertz CT molecular complexity index is 334. The van der Waals surface area contributed by atoms with Gasteiger partial charge < -0.3 is 0 Å². The molecule has 0 radical (unpaired) electrons. The lowest BCUT2D eigenvalue weighted by Crippen LogP contribution is -2.40. The van der Waals surface area contributed by atoms with E-state index in [1.54, 1.807) is 11.3 Å². The molecule has 1 aromatic rings. The summed E-state index contributed by atoms with van der Waals surface area (Å²) in [7, 11) is 0. The summed E-state index contributed by atoms with van der Waals surface area (Å²) in [5.74, 6) is 6.91. The predicted molar refractivity (Wildman–Crippen MR) is 69.5 cm³/mol. The normalized spacial score (nSPS) is 28.2. The van der Waals surface area contributed by atoms with Crippen LogP contribution in [0.2, 0.25) is 4.34 Å². The second-order valence-corrected chi connectivity index (χ2v) is 7.38. The summed E-state index contributed by atoms with van der Waals surface area (Å²) in [5, 5.41) is 0. The van der Waals surface area contributed by atoms with Crippen LogP contribution in [0, 0.1) is 0 Å². The molecule has 0 aliphatic carbocycles. The van der Waals surface area contributed by atoms with Gasteiger partial charge in [0.15, 0.2) is 0 Å². The summed E-state index contributed by atoms with van der Waals surface area (Å²) in [4.78, 5) is 1.24. The molecule has 0 saturated carbocycles. The van der Waals surface area contributed by atoms with Crippen LogP contribution >= 0.6 is 34.7 Å².